The van der Waals surface area contributed by atoms with Crippen molar-refractivity contribution in [3.05, 3.63) is 157 Å². The lowest BCUT2D eigenvalue weighted by atomic mass is 9.90. The molecule has 0 N–H and O–H groups in total. The summed E-state index contributed by atoms with van der Waals surface area (Å²) >= 11 is 0. The van der Waals surface area contributed by atoms with Gasteiger partial charge in [-0.25, -0.2) is 0 Å². The van der Waals surface area contributed by atoms with Crippen molar-refractivity contribution in [1.82, 2.24) is 4.57 Å². The fourth-order valence-electron chi connectivity index (χ4n) is 6.40. The molecule has 1 atom stereocenters. The second-order valence-electron chi connectivity index (χ2n) is 9.96. The van der Waals surface area contributed by atoms with Gasteiger partial charge in [-0.1, -0.05) is 97.1 Å². The minimum absolute atomic E-state index is 0.116. The molecule has 7 aromatic rings. The Kier molecular flexibility index (Phi) is 4.62. The van der Waals surface area contributed by atoms with Crippen LogP contribution in [0, 0.1) is 0 Å². The third kappa shape index (κ3) is 2.98. The van der Waals surface area contributed by atoms with Crippen LogP contribution >= 0.6 is 0 Å². The van der Waals surface area contributed by atoms with Crippen molar-refractivity contribution < 1.29 is 4.57 Å². The zero-order valence-electron chi connectivity index (χ0n) is 20.8. The first kappa shape index (κ1) is 21.2. The summed E-state index contributed by atoms with van der Waals surface area (Å²) in [6.07, 6.45) is 2.22. The zero-order chi connectivity index (χ0) is 25.1. The molecule has 1 aliphatic rings. The molecular formula is C36H25N2+. The molecule has 5 aromatic carbocycles. The molecule has 0 saturated carbocycles. The maximum Gasteiger partial charge on any atom is 0.213 e. The molecule has 0 saturated heterocycles. The summed E-state index contributed by atoms with van der Waals surface area (Å²) in [7, 11) is 0. The van der Waals surface area contributed by atoms with Gasteiger partial charge in [0.1, 0.15) is 0 Å². The van der Waals surface area contributed by atoms with Crippen LogP contribution < -0.4 is 4.57 Å². The Balaban J connectivity index is 1.41. The number of pyridine rings is 1. The van der Waals surface area contributed by atoms with Crippen molar-refractivity contribution in [2.75, 3.05) is 0 Å². The van der Waals surface area contributed by atoms with E-state index in [9.17, 15) is 0 Å². The van der Waals surface area contributed by atoms with Crippen LogP contribution in [0.4, 0.5) is 0 Å². The highest BCUT2D eigenvalue weighted by Crippen LogP contribution is 2.42. The third-order valence-corrected chi connectivity index (χ3v) is 7.97. The SMILES string of the molecule is c1ccc(C2c3ccccc3-c3cccc[n+]32)c(-c2ccccc2-n2c3ccccc3c3ccccc32)c1. The van der Waals surface area contributed by atoms with Gasteiger partial charge in [-0.3, -0.25) is 0 Å². The first-order valence-electron chi connectivity index (χ1n) is 13.2. The molecule has 1 unspecified atom stereocenters. The van der Waals surface area contributed by atoms with Gasteiger partial charge in [-0.15, -0.1) is 0 Å². The summed E-state index contributed by atoms with van der Waals surface area (Å²) in [5.41, 5.74) is 11.4. The van der Waals surface area contributed by atoms with Gasteiger partial charge in [0.25, 0.3) is 0 Å². The van der Waals surface area contributed by atoms with Crippen LogP contribution in [0.25, 0.3) is 49.9 Å². The van der Waals surface area contributed by atoms with Gasteiger partial charge in [-0.2, -0.15) is 4.57 Å². The van der Waals surface area contributed by atoms with Crippen LogP contribution in [0.5, 0.6) is 0 Å². The van der Waals surface area contributed by atoms with Crippen LogP contribution in [0.3, 0.4) is 0 Å². The molecule has 2 aromatic heterocycles. The van der Waals surface area contributed by atoms with E-state index in [0.29, 0.717) is 0 Å². The molecular weight excluding hydrogens is 460 g/mol. The van der Waals surface area contributed by atoms with Crippen LogP contribution in [0.2, 0.25) is 0 Å². The highest BCUT2D eigenvalue weighted by Gasteiger charge is 2.38. The van der Waals surface area contributed by atoms with E-state index in [1.54, 1.807) is 0 Å². The third-order valence-electron chi connectivity index (χ3n) is 7.97. The average Bonchev–Trinajstić information content (AvgIpc) is 3.50. The summed E-state index contributed by atoms with van der Waals surface area (Å²) in [5.74, 6) is 0. The van der Waals surface area contributed by atoms with Gasteiger partial charge in [0, 0.05) is 39.6 Å². The maximum absolute atomic E-state index is 2.43. The highest BCUT2D eigenvalue weighted by molar-refractivity contribution is 6.09. The fourth-order valence-corrected chi connectivity index (χ4v) is 6.40. The van der Waals surface area contributed by atoms with E-state index in [1.807, 2.05) is 0 Å². The van der Waals surface area contributed by atoms with Crippen molar-refractivity contribution in [3.8, 4) is 28.1 Å². The predicted octanol–water partition coefficient (Wildman–Crippen LogP) is 8.36. The summed E-state index contributed by atoms with van der Waals surface area (Å²) < 4.78 is 4.85. The fraction of sp³-hybridized carbons (Fsp3) is 0.0278. The van der Waals surface area contributed by atoms with E-state index in [1.165, 1.54) is 61.0 Å². The van der Waals surface area contributed by atoms with Crippen molar-refractivity contribution >= 4 is 21.8 Å². The standard InChI is InChI=1S/C36H25N2/c1-3-18-30(36-31-19-4-2-17-29(31)32-20-11-12-24-37(32)36)25(13-1)26-14-5-8-21-33(26)38-34-22-9-6-15-27(34)28-16-7-10-23-35(28)38/h1-24,36H/q+1. The van der Waals surface area contributed by atoms with Gasteiger partial charge < -0.3 is 4.57 Å². The molecule has 178 valence electrons. The van der Waals surface area contributed by atoms with Crippen LogP contribution in [0.1, 0.15) is 17.2 Å². The Morgan fingerprint density at radius 2 is 0.974 bits per heavy atom. The van der Waals surface area contributed by atoms with E-state index < -0.39 is 0 Å². The van der Waals surface area contributed by atoms with Crippen LogP contribution in [-0.4, -0.2) is 4.57 Å². The highest BCUT2D eigenvalue weighted by atomic mass is 15.0. The molecule has 38 heavy (non-hydrogen) atoms. The molecule has 3 heterocycles. The average molecular weight is 486 g/mol. The Morgan fingerprint density at radius 3 is 1.71 bits per heavy atom. The monoisotopic (exact) mass is 485 g/mol. The van der Waals surface area contributed by atoms with Crippen molar-refractivity contribution in [2.45, 2.75) is 6.04 Å². The van der Waals surface area contributed by atoms with Crippen LogP contribution in [0.15, 0.2) is 146 Å². The van der Waals surface area contributed by atoms with Crippen LogP contribution in [-0.2, 0) is 0 Å². The number of benzene rings is 5. The quantitative estimate of drug-likeness (QED) is 0.222. The number of hydrogen-bond acceptors (Lipinski definition) is 0. The molecule has 0 aliphatic carbocycles. The van der Waals surface area contributed by atoms with E-state index in [2.05, 4.69) is 155 Å². The molecule has 2 heteroatoms. The smallest absolute Gasteiger partial charge is 0.213 e. The van der Waals surface area contributed by atoms with Gasteiger partial charge in [0.15, 0.2) is 6.20 Å². The number of fused-ring (bicyclic) bond motifs is 6. The Bertz CT molecular complexity index is 1900. The summed E-state index contributed by atoms with van der Waals surface area (Å²) in [4.78, 5) is 0. The Labute approximate surface area is 221 Å². The first-order valence-corrected chi connectivity index (χ1v) is 13.2. The lowest BCUT2D eigenvalue weighted by Gasteiger charge is -2.18. The van der Waals surface area contributed by atoms with Gasteiger partial charge in [-0.05, 0) is 35.9 Å². The summed E-state index contributed by atoms with van der Waals surface area (Å²) in [6, 6.07) is 50.7. The van der Waals surface area contributed by atoms with Gasteiger partial charge >= 0.3 is 0 Å². The zero-order valence-corrected chi connectivity index (χ0v) is 20.8. The van der Waals surface area contributed by atoms with Gasteiger partial charge in [0.2, 0.25) is 11.7 Å². The predicted molar refractivity (Wildman–Crippen MR) is 156 cm³/mol. The number of hydrogen-bond donors (Lipinski definition) is 0. The molecule has 0 fully saturated rings. The molecule has 0 radical (unpaired) electrons. The lowest BCUT2D eigenvalue weighted by molar-refractivity contribution is -0.688. The second-order valence-corrected chi connectivity index (χ2v) is 9.96. The van der Waals surface area contributed by atoms with Crippen molar-refractivity contribution in [2.24, 2.45) is 0 Å². The normalized spacial score (nSPS) is 14.1. The van der Waals surface area contributed by atoms with E-state index in [4.69, 9.17) is 0 Å². The summed E-state index contributed by atoms with van der Waals surface area (Å²) in [5, 5.41) is 2.56. The van der Waals surface area contributed by atoms with Gasteiger partial charge in [0.05, 0.1) is 22.3 Å². The number of rotatable bonds is 3. The molecule has 0 bridgehead atoms. The first-order chi connectivity index (χ1) is 18.9. The Hall–Kier alpha value is -4.95. The van der Waals surface area contributed by atoms with Crippen molar-refractivity contribution in [3.63, 3.8) is 0 Å². The molecule has 8 rings (SSSR count). The second kappa shape index (κ2) is 8.29. The minimum atomic E-state index is 0.116. The minimum Gasteiger partial charge on any atom is -0.309 e. The largest absolute Gasteiger partial charge is 0.309 e. The summed E-state index contributed by atoms with van der Waals surface area (Å²) in [6.45, 7) is 0. The lowest BCUT2D eigenvalue weighted by Crippen LogP contribution is -2.38. The molecule has 0 spiro atoms. The van der Waals surface area contributed by atoms with E-state index >= 15 is 0 Å². The molecule has 0 amide bonds. The Morgan fingerprint density at radius 1 is 0.447 bits per heavy atom. The van der Waals surface area contributed by atoms with E-state index in [-0.39, 0.29) is 6.04 Å². The van der Waals surface area contributed by atoms with E-state index in [0.717, 1.165) is 0 Å². The van der Waals surface area contributed by atoms with Crippen molar-refractivity contribution in [1.29, 1.82) is 0 Å². The number of nitrogens with zero attached hydrogens (tertiary/aromatic N) is 2. The molecule has 2 nitrogen and oxygen atoms in total. The maximum atomic E-state index is 2.43. The molecule has 1 aliphatic heterocycles. The number of para-hydroxylation sites is 3. The topological polar surface area (TPSA) is 8.81 Å². The number of aromatic nitrogens is 2.